The summed E-state index contributed by atoms with van der Waals surface area (Å²) in [5.41, 5.74) is 1.02. The summed E-state index contributed by atoms with van der Waals surface area (Å²) in [4.78, 5) is 13.0. The lowest BCUT2D eigenvalue weighted by Gasteiger charge is -2.27. The molecule has 1 aliphatic rings. The van der Waals surface area contributed by atoms with E-state index in [0.29, 0.717) is 44.4 Å². The normalized spacial score (nSPS) is 21.5. The molecule has 25 heavy (non-hydrogen) atoms. The van der Waals surface area contributed by atoms with Gasteiger partial charge in [-0.25, -0.2) is 9.37 Å². The third kappa shape index (κ3) is 5.04. The lowest BCUT2D eigenvalue weighted by Crippen LogP contribution is -2.38. The van der Waals surface area contributed by atoms with Crippen LogP contribution in [-0.4, -0.2) is 64.4 Å². The van der Waals surface area contributed by atoms with Crippen LogP contribution in [0.2, 0.25) is 0 Å². The molecule has 0 unspecified atom stereocenters. The predicted molar refractivity (Wildman–Crippen MR) is 91.9 cm³/mol. The molecule has 2 atom stereocenters. The molecule has 7 nitrogen and oxygen atoms in total. The molecule has 0 amide bonds. The van der Waals surface area contributed by atoms with Gasteiger partial charge in [0.15, 0.2) is 5.82 Å². The average molecular weight is 369 g/mol. The van der Waals surface area contributed by atoms with Gasteiger partial charge in [0.2, 0.25) is 5.89 Å². The maximum absolute atomic E-state index is 14.0. The molecular formula is C16H24FN5O2S. The summed E-state index contributed by atoms with van der Waals surface area (Å²) in [7, 11) is 3.57. The zero-order chi connectivity index (χ0) is 17.8. The Kier molecular flexibility index (Phi) is 6.10. The number of nitrogens with zero attached hydrogens (tertiary/aromatic N) is 5. The quantitative estimate of drug-likeness (QED) is 0.705. The van der Waals surface area contributed by atoms with Gasteiger partial charge in [0.1, 0.15) is 12.8 Å². The lowest BCUT2D eigenvalue weighted by molar-refractivity contribution is 0.168. The lowest BCUT2D eigenvalue weighted by atomic mass is 10.2. The second-order valence-corrected chi connectivity index (χ2v) is 7.57. The van der Waals surface area contributed by atoms with Crippen molar-refractivity contribution in [3.05, 3.63) is 27.8 Å². The number of hydrogen-bond acceptors (Lipinski definition) is 8. The van der Waals surface area contributed by atoms with Crippen molar-refractivity contribution in [2.45, 2.75) is 45.3 Å². The van der Waals surface area contributed by atoms with E-state index in [1.807, 2.05) is 14.0 Å². The van der Waals surface area contributed by atoms with Crippen LogP contribution in [0.15, 0.2) is 9.90 Å². The topological polar surface area (TPSA) is 67.5 Å². The van der Waals surface area contributed by atoms with E-state index in [-0.39, 0.29) is 6.04 Å². The van der Waals surface area contributed by atoms with Gasteiger partial charge in [-0.05, 0) is 20.4 Å². The minimum atomic E-state index is -0.783. The molecule has 1 aliphatic heterocycles. The standard InChI is InChI=1S/C16H24FN5O2S/c1-11-18-13(10-25-11)6-22-5-12(17)4-14(22)7-21(2)8-16-19-15(9-23-3)20-24-16/h10,12,14H,4-9H2,1-3H3/t12-,14-/m0/s1. The molecule has 2 aromatic rings. The Labute approximate surface area is 150 Å². The van der Waals surface area contributed by atoms with Gasteiger partial charge in [-0.15, -0.1) is 11.3 Å². The van der Waals surface area contributed by atoms with Crippen LogP contribution in [0.4, 0.5) is 4.39 Å². The minimum absolute atomic E-state index is 0.156. The molecule has 0 bridgehead atoms. The number of ether oxygens (including phenoxy) is 1. The Bertz CT molecular complexity index is 679. The highest BCUT2D eigenvalue weighted by molar-refractivity contribution is 7.09. The van der Waals surface area contributed by atoms with Gasteiger partial charge >= 0.3 is 0 Å². The van der Waals surface area contributed by atoms with Crippen LogP contribution < -0.4 is 0 Å². The third-order valence-corrected chi connectivity index (χ3v) is 5.04. The number of halogens is 1. The van der Waals surface area contributed by atoms with E-state index in [1.54, 1.807) is 18.4 Å². The molecule has 0 aliphatic carbocycles. The van der Waals surface area contributed by atoms with E-state index >= 15 is 0 Å². The predicted octanol–water partition coefficient (Wildman–Crippen LogP) is 2.03. The SMILES string of the molecule is COCc1noc(CN(C)C[C@@H]2C[C@H](F)CN2Cc2csc(C)n2)n1. The number of hydrogen-bond donors (Lipinski definition) is 0. The van der Waals surface area contributed by atoms with Gasteiger partial charge in [0.25, 0.3) is 0 Å². The van der Waals surface area contributed by atoms with E-state index in [4.69, 9.17) is 9.26 Å². The Morgan fingerprint density at radius 3 is 3.04 bits per heavy atom. The first-order valence-electron chi connectivity index (χ1n) is 8.31. The first-order chi connectivity index (χ1) is 12.0. The van der Waals surface area contributed by atoms with Crippen LogP contribution in [0.5, 0.6) is 0 Å². The Balaban J connectivity index is 1.55. The highest BCUT2D eigenvalue weighted by Crippen LogP contribution is 2.24. The number of likely N-dealkylation sites (N-methyl/N-ethyl adjacent to an activating group) is 1. The van der Waals surface area contributed by atoms with Crippen LogP contribution >= 0.6 is 11.3 Å². The Morgan fingerprint density at radius 2 is 2.32 bits per heavy atom. The first-order valence-corrected chi connectivity index (χ1v) is 9.19. The van der Waals surface area contributed by atoms with Crippen LogP contribution in [0, 0.1) is 6.92 Å². The molecule has 0 spiro atoms. The highest BCUT2D eigenvalue weighted by atomic mass is 32.1. The molecular weight excluding hydrogens is 345 g/mol. The van der Waals surface area contributed by atoms with Crippen LogP contribution in [0.25, 0.3) is 0 Å². The summed E-state index contributed by atoms with van der Waals surface area (Å²) < 4.78 is 24.2. The van der Waals surface area contributed by atoms with Crippen LogP contribution in [0.1, 0.15) is 28.8 Å². The number of aryl methyl sites for hydroxylation is 1. The van der Waals surface area contributed by atoms with Crippen molar-refractivity contribution in [3.8, 4) is 0 Å². The Hall–Kier alpha value is -1.42. The van der Waals surface area contributed by atoms with Gasteiger partial charge in [-0.1, -0.05) is 5.16 Å². The summed E-state index contributed by atoms with van der Waals surface area (Å²) in [5, 5.41) is 6.96. The number of methoxy groups -OCH3 is 1. The fourth-order valence-corrected chi connectivity index (χ4v) is 3.80. The van der Waals surface area contributed by atoms with Crippen molar-refractivity contribution >= 4 is 11.3 Å². The number of rotatable bonds is 8. The van der Waals surface area contributed by atoms with Gasteiger partial charge in [0, 0.05) is 38.2 Å². The summed E-state index contributed by atoms with van der Waals surface area (Å²) in [5.74, 6) is 1.09. The maximum atomic E-state index is 14.0. The summed E-state index contributed by atoms with van der Waals surface area (Å²) in [6, 6.07) is 0.156. The van der Waals surface area contributed by atoms with Gasteiger partial charge in [0.05, 0.1) is 17.2 Å². The molecule has 2 aromatic heterocycles. The van der Waals surface area contributed by atoms with Crippen molar-refractivity contribution in [1.82, 2.24) is 24.9 Å². The second-order valence-electron chi connectivity index (χ2n) is 6.51. The van der Waals surface area contributed by atoms with Crippen molar-refractivity contribution in [2.24, 2.45) is 0 Å². The van der Waals surface area contributed by atoms with Crippen molar-refractivity contribution in [1.29, 1.82) is 0 Å². The maximum Gasteiger partial charge on any atom is 0.240 e. The molecule has 0 radical (unpaired) electrons. The van der Waals surface area contributed by atoms with Crippen molar-refractivity contribution in [3.63, 3.8) is 0 Å². The first kappa shape index (κ1) is 18.4. The number of likely N-dealkylation sites (tertiary alicyclic amines) is 1. The van der Waals surface area contributed by atoms with E-state index in [1.165, 1.54) is 0 Å². The second kappa shape index (κ2) is 8.31. The zero-order valence-corrected chi connectivity index (χ0v) is 15.6. The molecule has 3 rings (SSSR count). The van der Waals surface area contributed by atoms with Crippen LogP contribution in [-0.2, 0) is 24.4 Å². The van der Waals surface area contributed by atoms with Crippen LogP contribution in [0.3, 0.4) is 0 Å². The molecule has 9 heteroatoms. The number of aromatic nitrogens is 3. The fourth-order valence-electron chi connectivity index (χ4n) is 3.19. The van der Waals surface area contributed by atoms with Gasteiger partial charge in [-0.3, -0.25) is 9.80 Å². The monoisotopic (exact) mass is 369 g/mol. The largest absolute Gasteiger partial charge is 0.377 e. The summed E-state index contributed by atoms with van der Waals surface area (Å²) >= 11 is 1.63. The molecule has 1 fully saturated rings. The average Bonchev–Trinajstić information content (AvgIpc) is 3.23. The zero-order valence-electron chi connectivity index (χ0n) is 14.8. The van der Waals surface area contributed by atoms with Crippen molar-refractivity contribution in [2.75, 3.05) is 27.2 Å². The van der Waals surface area contributed by atoms with E-state index in [0.717, 1.165) is 17.2 Å². The number of thiazole rings is 1. The molecule has 1 saturated heterocycles. The van der Waals surface area contributed by atoms with E-state index in [2.05, 4.69) is 30.3 Å². The molecule has 138 valence electrons. The smallest absolute Gasteiger partial charge is 0.240 e. The third-order valence-electron chi connectivity index (χ3n) is 4.22. The Morgan fingerprint density at radius 1 is 1.48 bits per heavy atom. The van der Waals surface area contributed by atoms with E-state index in [9.17, 15) is 4.39 Å². The van der Waals surface area contributed by atoms with Gasteiger partial charge < -0.3 is 9.26 Å². The number of alkyl halides is 1. The molecule has 3 heterocycles. The fraction of sp³-hybridized carbons (Fsp3) is 0.688. The van der Waals surface area contributed by atoms with Crippen molar-refractivity contribution < 1.29 is 13.7 Å². The molecule has 0 N–H and O–H groups in total. The summed E-state index contributed by atoms with van der Waals surface area (Å²) in [6.45, 7) is 4.76. The van der Waals surface area contributed by atoms with E-state index < -0.39 is 6.17 Å². The summed E-state index contributed by atoms with van der Waals surface area (Å²) in [6.07, 6.45) is -0.235. The minimum Gasteiger partial charge on any atom is -0.377 e. The highest BCUT2D eigenvalue weighted by Gasteiger charge is 2.33. The van der Waals surface area contributed by atoms with Gasteiger partial charge in [-0.2, -0.15) is 4.98 Å². The molecule has 0 saturated carbocycles. The molecule has 0 aromatic carbocycles.